The number of nitrogens with zero attached hydrogens (tertiary/aromatic N) is 1. The van der Waals surface area contributed by atoms with Crippen LogP contribution in [0.5, 0.6) is 5.75 Å². The van der Waals surface area contributed by atoms with Gasteiger partial charge in [-0.2, -0.15) is 0 Å². The van der Waals surface area contributed by atoms with Crippen molar-refractivity contribution in [2.75, 3.05) is 25.6 Å². The van der Waals surface area contributed by atoms with Gasteiger partial charge in [-0.25, -0.2) is 0 Å². The second kappa shape index (κ2) is 6.64. The summed E-state index contributed by atoms with van der Waals surface area (Å²) in [7, 11) is 0. The SMILES string of the molecule is O=C1c2ccccc2OCCN1CCCCCCl. The molecule has 0 saturated heterocycles. The molecule has 1 aromatic rings. The van der Waals surface area contributed by atoms with E-state index in [1.807, 2.05) is 29.2 Å². The number of carbonyl (C=O) groups excluding carboxylic acids is 1. The van der Waals surface area contributed by atoms with Crippen LogP contribution in [0.1, 0.15) is 29.6 Å². The summed E-state index contributed by atoms with van der Waals surface area (Å²) < 4.78 is 5.59. The zero-order chi connectivity index (χ0) is 12.8. The van der Waals surface area contributed by atoms with Crippen LogP contribution in [0.25, 0.3) is 0 Å². The zero-order valence-electron chi connectivity index (χ0n) is 10.4. The second-order valence-corrected chi connectivity index (χ2v) is 4.76. The van der Waals surface area contributed by atoms with Crippen LogP contribution in [0.4, 0.5) is 0 Å². The number of para-hydroxylation sites is 1. The van der Waals surface area contributed by atoms with Gasteiger partial charge in [0.2, 0.25) is 0 Å². The molecule has 0 saturated carbocycles. The van der Waals surface area contributed by atoms with Crippen molar-refractivity contribution in [1.82, 2.24) is 4.90 Å². The van der Waals surface area contributed by atoms with Crippen LogP contribution in [0.2, 0.25) is 0 Å². The van der Waals surface area contributed by atoms with Crippen LogP contribution < -0.4 is 4.74 Å². The Kier molecular flexibility index (Phi) is 4.88. The first kappa shape index (κ1) is 13.2. The van der Waals surface area contributed by atoms with E-state index in [9.17, 15) is 4.79 Å². The van der Waals surface area contributed by atoms with Gasteiger partial charge in [0, 0.05) is 12.4 Å². The Balaban J connectivity index is 1.99. The summed E-state index contributed by atoms with van der Waals surface area (Å²) in [6.45, 7) is 2.01. The number of unbranched alkanes of at least 4 members (excludes halogenated alkanes) is 2. The minimum absolute atomic E-state index is 0.0778. The predicted octanol–water partition coefficient (Wildman–Crippen LogP) is 2.93. The number of halogens is 1. The van der Waals surface area contributed by atoms with Crippen molar-refractivity contribution in [3.05, 3.63) is 29.8 Å². The van der Waals surface area contributed by atoms with E-state index >= 15 is 0 Å². The number of rotatable bonds is 5. The minimum Gasteiger partial charge on any atom is -0.491 e. The molecule has 98 valence electrons. The highest BCUT2D eigenvalue weighted by atomic mass is 35.5. The Bertz CT molecular complexity index is 409. The van der Waals surface area contributed by atoms with E-state index in [1.165, 1.54) is 0 Å². The molecular formula is C14H18ClNO2. The average Bonchev–Trinajstić information content (AvgIpc) is 2.56. The lowest BCUT2D eigenvalue weighted by molar-refractivity contribution is 0.0753. The monoisotopic (exact) mass is 267 g/mol. The maximum absolute atomic E-state index is 12.3. The molecule has 0 spiro atoms. The lowest BCUT2D eigenvalue weighted by Gasteiger charge is -2.19. The fourth-order valence-corrected chi connectivity index (χ4v) is 2.28. The molecule has 1 aliphatic heterocycles. The Morgan fingerprint density at radius 1 is 1.22 bits per heavy atom. The van der Waals surface area contributed by atoms with E-state index in [4.69, 9.17) is 16.3 Å². The van der Waals surface area contributed by atoms with Gasteiger partial charge in [-0.05, 0) is 25.0 Å². The van der Waals surface area contributed by atoms with Crippen LogP contribution in [-0.4, -0.2) is 36.4 Å². The number of hydrogen-bond donors (Lipinski definition) is 0. The zero-order valence-corrected chi connectivity index (χ0v) is 11.2. The summed E-state index contributed by atoms with van der Waals surface area (Å²) in [4.78, 5) is 14.2. The van der Waals surface area contributed by atoms with Crippen LogP contribution in [0.3, 0.4) is 0 Å². The third-order valence-electron chi connectivity index (χ3n) is 3.09. The maximum atomic E-state index is 12.3. The predicted molar refractivity (Wildman–Crippen MR) is 72.4 cm³/mol. The lowest BCUT2D eigenvalue weighted by atomic mass is 10.1. The maximum Gasteiger partial charge on any atom is 0.257 e. The molecule has 4 heteroatoms. The number of ether oxygens (including phenoxy) is 1. The van der Waals surface area contributed by atoms with Gasteiger partial charge in [-0.1, -0.05) is 18.6 Å². The molecule has 0 atom stereocenters. The largest absolute Gasteiger partial charge is 0.491 e. The van der Waals surface area contributed by atoms with Gasteiger partial charge in [0.05, 0.1) is 12.1 Å². The molecule has 0 aliphatic carbocycles. The van der Waals surface area contributed by atoms with Crippen molar-refractivity contribution >= 4 is 17.5 Å². The molecule has 1 heterocycles. The molecular weight excluding hydrogens is 250 g/mol. The number of benzene rings is 1. The normalized spacial score (nSPS) is 14.9. The van der Waals surface area contributed by atoms with Gasteiger partial charge in [0.15, 0.2) is 0 Å². The Labute approximate surface area is 113 Å². The van der Waals surface area contributed by atoms with Crippen molar-refractivity contribution in [2.24, 2.45) is 0 Å². The fourth-order valence-electron chi connectivity index (χ4n) is 2.09. The standard InChI is InChI=1S/C14H18ClNO2/c15-8-4-1-5-9-16-10-11-18-13-7-3-2-6-12(13)14(16)17/h2-3,6-7H,1,4-5,8-11H2. The van der Waals surface area contributed by atoms with Crippen molar-refractivity contribution in [2.45, 2.75) is 19.3 Å². The van der Waals surface area contributed by atoms with Crippen molar-refractivity contribution in [3.63, 3.8) is 0 Å². The molecule has 0 unspecified atom stereocenters. The smallest absolute Gasteiger partial charge is 0.257 e. The first-order valence-electron chi connectivity index (χ1n) is 6.40. The summed E-state index contributed by atoms with van der Waals surface area (Å²) in [5, 5.41) is 0. The van der Waals surface area contributed by atoms with Gasteiger partial charge < -0.3 is 9.64 Å². The molecule has 0 bridgehead atoms. The summed E-state index contributed by atoms with van der Waals surface area (Å²) in [6.07, 6.45) is 3.08. The minimum atomic E-state index is 0.0778. The summed E-state index contributed by atoms with van der Waals surface area (Å²) in [6, 6.07) is 7.44. The van der Waals surface area contributed by atoms with Gasteiger partial charge in [0.1, 0.15) is 12.4 Å². The van der Waals surface area contributed by atoms with Gasteiger partial charge >= 0.3 is 0 Å². The van der Waals surface area contributed by atoms with Crippen molar-refractivity contribution < 1.29 is 9.53 Å². The van der Waals surface area contributed by atoms with E-state index in [0.29, 0.717) is 30.3 Å². The molecule has 2 rings (SSSR count). The van der Waals surface area contributed by atoms with Crippen LogP contribution in [0, 0.1) is 0 Å². The molecule has 0 aromatic heterocycles. The van der Waals surface area contributed by atoms with Gasteiger partial charge in [-0.15, -0.1) is 11.6 Å². The van der Waals surface area contributed by atoms with Crippen molar-refractivity contribution in [1.29, 1.82) is 0 Å². The molecule has 3 nitrogen and oxygen atoms in total. The fraction of sp³-hybridized carbons (Fsp3) is 0.500. The lowest BCUT2D eigenvalue weighted by Crippen LogP contribution is -2.33. The molecule has 0 radical (unpaired) electrons. The number of hydrogen-bond acceptors (Lipinski definition) is 2. The highest BCUT2D eigenvalue weighted by Gasteiger charge is 2.22. The quantitative estimate of drug-likeness (QED) is 0.606. The number of carbonyl (C=O) groups is 1. The Morgan fingerprint density at radius 2 is 2.06 bits per heavy atom. The third kappa shape index (κ3) is 3.16. The first-order chi connectivity index (χ1) is 8.83. The van der Waals surface area contributed by atoms with E-state index in [2.05, 4.69) is 0 Å². The number of alkyl halides is 1. The van der Waals surface area contributed by atoms with Gasteiger partial charge in [0.25, 0.3) is 5.91 Å². The average molecular weight is 268 g/mol. The number of amides is 1. The summed E-state index contributed by atoms with van der Waals surface area (Å²) in [5.41, 5.74) is 0.673. The number of fused-ring (bicyclic) bond motifs is 1. The Hall–Kier alpha value is -1.22. The Morgan fingerprint density at radius 3 is 2.89 bits per heavy atom. The molecule has 1 amide bonds. The van der Waals surface area contributed by atoms with Crippen LogP contribution in [-0.2, 0) is 0 Å². The third-order valence-corrected chi connectivity index (χ3v) is 3.35. The van der Waals surface area contributed by atoms with E-state index < -0.39 is 0 Å². The van der Waals surface area contributed by atoms with E-state index in [1.54, 1.807) is 0 Å². The molecule has 0 fully saturated rings. The summed E-state index contributed by atoms with van der Waals surface area (Å²) in [5.74, 6) is 1.47. The topological polar surface area (TPSA) is 29.5 Å². The van der Waals surface area contributed by atoms with E-state index in [-0.39, 0.29) is 5.91 Å². The van der Waals surface area contributed by atoms with Crippen LogP contribution in [0.15, 0.2) is 24.3 Å². The van der Waals surface area contributed by atoms with Crippen molar-refractivity contribution in [3.8, 4) is 5.75 Å². The molecule has 18 heavy (non-hydrogen) atoms. The first-order valence-corrected chi connectivity index (χ1v) is 6.93. The highest BCUT2D eigenvalue weighted by molar-refractivity contribution is 6.17. The second-order valence-electron chi connectivity index (χ2n) is 4.39. The molecule has 1 aromatic carbocycles. The highest BCUT2D eigenvalue weighted by Crippen LogP contribution is 2.22. The molecule has 1 aliphatic rings. The van der Waals surface area contributed by atoms with E-state index in [0.717, 1.165) is 25.8 Å². The summed E-state index contributed by atoms with van der Waals surface area (Å²) >= 11 is 5.64. The molecule has 0 N–H and O–H groups in total. The van der Waals surface area contributed by atoms with Crippen LogP contribution >= 0.6 is 11.6 Å². The van der Waals surface area contributed by atoms with Gasteiger partial charge in [-0.3, -0.25) is 4.79 Å².